The number of ether oxygens (including phenoxy) is 1. The maximum Gasteiger partial charge on any atom is 0.138 e. The normalized spacial score (nSPS) is 11.9. The summed E-state index contributed by atoms with van der Waals surface area (Å²) >= 11 is 6.44. The average Bonchev–Trinajstić information content (AvgIpc) is 2.79. The maximum absolute atomic E-state index is 6.44. The van der Waals surface area contributed by atoms with E-state index in [0.717, 1.165) is 38.5 Å². The Kier molecular flexibility index (Phi) is 4.74. The molecule has 5 rings (SSSR count). The molecule has 4 heteroatoms. The predicted molar refractivity (Wildman–Crippen MR) is 122 cm³/mol. The molecule has 5 aromatic rings. The fourth-order valence-electron chi connectivity index (χ4n) is 3.60. The lowest BCUT2D eigenvalue weighted by Gasteiger charge is -2.08. The van der Waals surface area contributed by atoms with E-state index in [2.05, 4.69) is 18.2 Å². The van der Waals surface area contributed by atoms with Crippen molar-refractivity contribution in [3.8, 4) is 17.1 Å². The van der Waals surface area contributed by atoms with Gasteiger partial charge in [0, 0.05) is 22.4 Å². The first-order chi connectivity index (χ1) is 14.7. The second-order valence-electron chi connectivity index (χ2n) is 6.95. The van der Waals surface area contributed by atoms with Gasteiger partial charge in [0.25, 0.3) is 0 Å². The Morgan fingerprint density at radius 3 is 2.47 bits per heavy atom. The smallest absolute Gasteiger partial charge is 0.138 e. The molecule has 0 spiro atoms. The Bertz CT molecular complexity index is 1450. The molecule has 0 bridgehead atoms. The first-order valence-electron chi connectivity index (χ1n) is 9.62. The Hall–Kier alpha value is -3.56. The van der Waals surface area contributed by atoms with Crippen LogP contribution < -0.4 is 10.1 Å². The van der Waals surface area contributed by atoms with Crippen LogP contribution in [0, 0.1) is 0 Å². The molecule has 1 aromatic heterocycles. The van der Waals surface area contributed by atoms with Crippen LogP contribution in [0.1, 0.15) is 0 Å². The van der Waals surface area contributed by atoms with Crippen LogP contribution in [0.5, 0.6) is 5.75 Å². The van der Waals surface area contributed by atoms with Crippen molar-refractivity contribution in [1.29, 1.82) is 0 Å². The van der Waals surface area contributed by atoms with Crippen molar-refractivity contribution in [2.24, 2.45) is 4.99 Å². The van der Waals surface area contributed by atoms with Crippen molar-refractivity contribution in [3.63, 3.8) is 0 Å². The Morgan fingerprint density at radius 2 is 1.60 bits per heavy atom. The van der Waals surface area contributed by atoms with Gasteiger partial charge in [0.15, 0.2) is 0 Å². The van der Waals surface area contributed by atoms with Gasteiger partial charge in [0.05, 0.1) is 23.2 Å². The van der Waals surface area contributed by atoms with Gasteiger partial charge in [0.1, 0.15) is 17.1 Å². The molecule has 1 heterocycles. The van der Waals surface area contributed by atoms with Gasteiger partial charge in [-0.2, -0.15) is 0 Å². The zero-order valence-electron chi connectivity index (χ0n) is 16.3. The molecule has 0 fully saturated rings. The minimum atomic E-state index is 0.630. The zero-order valence-corrected chi connectivity index (χ0v) is 17.1. The van der Waals surface area contributed by atoms with Crippen LogP contribution in [-0.4, -0.2) is 7.11 Å². The molecule has 146 valence electrons. The summed E-state index contributed by atoms with van der Waals surface area (Å²) in [6.45, 7) is 0. The second kappa shape index (κ2) is 7.69. The molecule has 0 atom stereocenters. The molecule has 0 N–H and O–H groups in total. The molecule has 0 radical (unpaired) electrons. The summed E-state index contributed by atoms with van der Waals surface area (Å²) < 4.78 is 11.6. The molecule has 0 amide bonds. The Balaban J connectivity index is 1.85. The molecule has 0 aliphatic rings. The third-order valence-electron chi connectivity index (χ3n) is 5.10. The number of hydrogen-bond acceptors (Lipinski definition) is 3. The lowest BCUT2D eigenvalue weighted by molar-refractivity contribution is 0.415. The maximum atomic E-state index is 6.44. The summed E-state index contributed by atoms with van der Waals surface area (Å²) in [5.41, 5.74) is 2.44. The van der Waals surface area contributed by atoms with Crippen LogP contribution in [0.4, 0.5) is 5.69 Å². The molecule has 30 heavy (non-hydrogen) atoms. The minimum absolute atomic E-state index is 0.630. The average molecular weight is 412 g/mol. The van der Waals surface area contributed by atoms with E-state index in [1.807, 2.05) is 72.8 Å². The van der Waals surface area contributed by atoms with Crippen molar-refractivity contribution in [2.75, 3.05) is 7.11 Å². The summed E-state index contributed by atoms with van der Waals surface area (Å²) in [4.78, 5) is 5.03. The largest absolute Gasteiger partial charge is 0.497 e. The van der Waals surface area contributed by atoms with Crippen LogP contribution >= 0.6 is 11.6 Å². The van der Waals surface area contributed by atoms with Crippen LogP contribution in [0.15, 0.2) is 100 Å². The van der Waals surface area contributed by atoms with Gasteiger partial charge < -0.3 is 9.15 Å². The molecule has 0 saturated heterocycles. The SMILES string of the molecule is COc1ccc2oc(-c3ccccc3Cl)cc(=Nc3cccc4ccccc34)c2c1. The summed E-state index contributed by atoms with van der Waals surface area (Å²) in [5, 5.41) is 4.54. The van der Waals surface area contributed by atoms with Crippen molar-refractivity contribution in [2.45, 2.75) is 0 Å². The monoisotopic (exact) mass is 411 g/mol. The quantitative estimate of drug-likeness (QED) is 0.316. The van der Waals surface area contributed by atoms with Crippen molar-refractivity contribution in [3.05, 3.63) is 101 Å². The highest BCUT2D eigenvalue weighted by atomic mass is 35.5. The highest BCUT2D eigenvalue weighted by Gasteiger charge is 2.10. The molecular weight excluding hydrogens is 394 g/mol. The van der Waals surface area contributed by atoms with E-state index in [4.69, 9.17) is 25.7 Å². The highest BCUT2D eigenvalue weighted by Crippen LogP contribution is 2.31. The van der Waals surface area contributed by atoms with E-state index in [-0.39, 0.29) is 0 Å². The fraction of sp³-hybridized carbons (Fsp3) is 0.0385. The Labute approximate surface area is 178 Å². The molecule has 4 aromatic carbocycles. The predicted octanol–water partition coefficient (Wildman–Crippen LogP) is 7.15. The van der Waals surface area contributed by atoms with E-state index in [9.17, 15) is 0 Å². The van der Waals surface area contributed by atoms with Crippen LogP contribution in [0.3, 0.4) is 0 Å². The number of halogens is 1. The fourth-order valence-corrected chi connectivity index (χ4v) is 3.83. The molecular formula is C26H18ClNO2. The summed E-state index contributed by atoms with van der Waals surface area (Å²) in [7, 11) is 1.65. The van der Waals surface area contributed by atoms with Crippen LogP contribution in [-0.2, 0) is 0 Å². The second-order valence-corrected chi connectivity index (χ2v) is 7.36. The summed E-state index contributed by atoms with van der Waals surface area (Å²) in [6, 6.07) is 29.7. The van der Waals surface area contributed by atoms with E-state index >= 15 is 0 Å². The van der Waals surface area contributed by atoms with E-state index in [0.29, 0.717) is 16.4 Å². The molecule has 0 aliphatic heterocycles. The molecule has 3 nitrogen and oxygen atoms in total. The van der Waals surface area contributed by atoms with Gasteiger partial charge in [-0.3, -0.25) is 0 Å². The van der Waals surface area contributed by atoms with E-state index < -0.39 is 0 Å². The third-order valence-corrected chi connectivity index (χ3v) is 5.43. The highest BCUT2D eigenvalue weighted by molar-refractivity contribution is 6.33. The number of methoxy groups -OCH3 is 1. The van der Waals surface area contributed by atoms with Gasteiger partial charge >= 0.3 is 0 Å². The molecule has 0 aliphatic carbocycles. The van der Waals surface area contributed by atoms with Gasteiger partial charge in [-0.15, -0.1) is 0 Å². The zero-order chi connectivity index (χ0) is 20.5. The number of benzene rings is 4. The van der Waals surface area contributed by atoms with Crippen LogP contribution in [0.25, 0.3) is 33.1 Å². The van der Waals surface area contributed by atoms with Crippen molar-refractivity contribution >= 4 is 39.0 Å². The van der Waals surface area contributed by atoms with Crippen molar-refractivity contribution < 1.29 is 9.15 Å². The standard InChI is InChI=1S/C26H18ClNO2/c1-29-18-13-14-25-21(15-18)24(16-26(30-25)20-10-4-5-11-22(20)27)28-23-12-6-8-17-7-2-3-9-19(17)23/h2-16H,1H3. The lowest BCUT2D eigenvalue weighted by atomic mass is 10.1. The number of fused-ring (bicyclic) bond motifs is 2. The number of rotatable bonds is 3. The van der Waals surface area contributed by atoms with Crippen LogP contribution in [0.2, 0.25) is 5.02 Å². The van der Waals surface area contributed by atoms with E-state index in [1.54, 1.807) is 7.11 Å². The summed E-state index contributed by atoms with van der Waals surface area (Å²) in [5.74, 6) is 1.41. The van der Waals surface area contributed by atoms with Gasteiger partial charge in [-0.25, -0.2) is 4.99 Å². The lowest BCUT2D eigenvalue weighted by Crippen LogP contribution is -2.04. The Morgan fingerprint density at radius 1 is 0.800 bits per heavy atom. The topological polar surface area (TPSA) is 34.7 Å². The first kappa shape index (κ1) is 18.5. The number of hydrogen-bond donors (Lipinski definition) is 0. The number of nitrogens with zero attached hydrogens (tertiary/aromatic N) is 1. The van der Waals surface area contributed by atoms with Gasteiger partial charge in [0.2, 0.25) is 0 Å². The van der Waals surface area contributed by atoms with Gasteiger partial charge in [-0.1, -0.05) is 60.1 Å². The molecule has 0 saturated carbocycles. The van der Waals surface area contributed by atoms with Crippen molar-refractivity contribution in [1.82, 2.24) is 0 Å². The minimum Gasteiger partial charge on any atom is -0.497 e. The summed E-state index contributed by atoms with van der Waals surface area (Å²) in [6.07, 6.45) is 0. The molecule has 0 unspecified atom stereocenters. The third kappa shape index (κ3) is 3.34. The van der Waals surface area contributed by atoms with Gasteiger partial charge in [-0.05, 0) is 41.8 Å². The first-order valence-corrected chi connectivity index (χ1v) is 10.00. The van der Waals surface area contributed by atoms with E-state index in [1.165, 1.54) is 0 Å².